The number of carbonyl (C=O) groups excluding carboxylic acids is 1. The van der Waals surface area contributed by atoms with Crippen molar-refractivity contribution < 1.29 is 4.79 Å². The lowest BCUT2D eigenvalue weighted by atomic mass is 10.1. The molecule has 1 saturated heterocycles. The van der Waals surface area contributed by atoms with Crippen LogP contribution in [0.25, 0.3) is 0 Å². The van der Waals surface area contributed by atoms with Gasteiger partial charge in [0.25, 0.3) is 0 Å². The Morgan fingerprint density at radius 2 is 1.83 bits per heavy atom. The van der Waals surface area contributed by atoms with Crippen LogP contribution >= 0.6 is 11.6 Å². The number of anilines is 2. The van der Waals surface area contributed by atoms with Crippen molar-refractivity contribution in [3.05, 3.63) is 59.6 Å². The summed E-state index contributed by atoms with van der Waals surface area (Å²) in [6.45, 7) is 1.86. The summed E-state index contributed by atoms with van der Waals surface area (Å²) in [5, 5.41) is 6.56. The smallest absolute Gasteiger partial charge is 0.319 e. The van der Waals surface area contributed by atoms with Gasteiger partial charge in [-0.3, -0.25) is 0 Å². The quantitative estimate of drug-likeness (QED) is 0.889. The first-order valence-corrected chi connectivity index (χ1v) is 8.21. The topological polar surface area (TPSA) is 44.4 Å². The molecule has 0 saturated carbocycles. The zero-order chi connectivity index (χ0) is 16.1. The van der Waals surface area contributed by atoms with Crippen LogP contribution in [0.4, 0.5) is 16.2 Å². The van der Waals surface area contributed by atoms with Crippen molar-refractivity contribution in [1.29, 1.82) is 0 Å². The van der Waals surface area contributed by atoms with Crippen molar-refractivity contribution in [3.8, 4) is 0 Å². The van der Waals surface area contributed by atoms with Crippen molar-refractivity contribution in [2.24, 2.45) is 0 Å². The Morgan fingerprint density at radius 1 is 1.09 bits per heavy atom. The number of urea groups is 1. The molecule has 23 heavy (non-hydrogen) atoms. The molecule has 0 aliphatic carbocycles. The zero-order valence-corrected chi connectivity index (χ0v) is 13.6. The molecule has 3 rings (SSSR count). The second kappa shape index (κ2) is 7.38. The van der Waals surface area contributed by atoms with Crippen LogP contribution in [0.15, 0.2) is 54.6 Å². The lowest BCUT2D eigenvalue weighted by Gasteiger charge is -2.34. The van der Waals surface area contributed by atoms with Crippen LogP contribution in [0.1, 0.15) is 12.8 Å². The summed E-state index contributed by atoms with van der Waals surface area (Å²) in [7, 11) is 0. The summed E-state index contributed by atoms with van der Waals surface area (Å²) in [5.41, 5.74) is 1.94. The molecule has 0 unspecified atom stereocenters. The summed E-state index contributed by atoms with van der Waals surface area (Å²) in [6.07, 6.45) is 2.07. The molecule has 1 aliphatic heterocycles. The van der Waals surface area contributed by atoms with Crippen molar-refractivity contribution in [2.75, 3.05) is 23.3 Å². The fraction of sp³-hybridized carbons (Fsp3) is 0.278. The number of halogens is 1. The van der Waals surface area contributed by atoms with E-state index in [1.807, 2.05) is 18.2 Å². The van der Waals surface area contributed by atoms with Crippen LogP contribution in [0.3, 0.4) is 0 Å². The molecule has 2 aromatic rings. The predicted molar refractivity (Wildman–Crippen MR) is 95.3 cm³/mol. The lowest BCUT2D eigenvalue weighted by molar-refractivity contribution is 0.246. The van der Waals surface area contributed by atoms with Gasteiger partial charge < -0.3 is 15.5 Å². The van der Waals surface area contributed by atoms with Crippen molar-refractivity contribution in [3.63, 3.8) is 0 Å². The molecule has 2 amide bonds. The fourth-order valence-corrected chi connectivity index (χ4v) is 2.98. The molecule has 2 aromatic carbocycles. The number of amides is 2. The van der Waals surface area contributed by atoms with E-state index < -0.39 is 0 Å². The number of nitrogens with zero attached hydrogens (tertiary/aromatic N) is 1. The minimum Gasteiger partial charge on any atom is -0.369 e. The molecular formula is C18H20ClN3O. The van der Waals surface area contributed by atoms with Crippen LogP contribution in [-0.2, 0) is 0 Å². The second-order valence-electron chi connectivity index (χ2n) is 5.73. The summed E-state index contributed by atoms with van der Waals surface area (Å²) in [5.74, 6) is 0. The molecule has 1 atom stereocenters. The van der Waals surface area contributed by atoms with Gasteiger partial charge in [-0.05, 0) is 49.2 Å². The van der Waals surface area contributed by atoms with Gasteiger partial charge >= 0.3 is 6.03 Å². The number of piperidine rings is 1. The van der Waals surface area contributed by atoms with Gasteiger partial charge in [-0.2, -0.15) is 0 Å². The van der Waals surface area contributed by atoms with Crippen LogP contribution < -0.4 is 15.5 Å². The minimum absolute atomic E-state index is 0.149. The average molecular weight is 330 g/mol. The third kappa shape index (κ3) is 4.39. The molecule has 0 aromatic heterocycles. The lowest BCUT2D eigenvalue weighted by Crippen LogP contribution is -2.49. The highest BCUT2D eigenvalue weighted by Gasteiger charge is 2.21. The molecule has 2 N–H and O–H groups in total. The Kier molecular flexibility index (Phi) is 5.03. The highest BCUT2D eigenvalue weighted by Crippen LogP contribution is 2.19. The van der Waals surface area contributed by atoms with E-state index in [-0.39, 0.29) is 12.1 Å². The van der Waals surface area contributed by atoms with E-state index in [0.29, 0.717) is 5.02 Å². The van der Waals surface area contributed by atoms with E-state index in [2.05, 4.69) is 27.7 Å². The van der Waals surface area contributed by atoms with Crippen molar-refractivity contribution >= 4 is 29.0 Å². The Labute approximate surface area is 141 Å². The molecule has 0 spiro atoms. The summed E-state index contributed by atoms with van der Waals surface area (Å²) < 4.78 is 0. The molecule has 4 nitrogen and oxygen atoms in total. The largest absolute Gasteiger partial charge is 0.369 e. The molecule has 0 radical (unpaired) electrons. The van der Waals surface area contributed by atoms with E-state index >= 15 is 0 Å². The van der Waals surface area contributed by atoms with E-state index in [9.17, 15) is 4.79 Å². The van der Waals surface area contributed by atoms with Crippen molar-refractivity contribution in [1.82, 2.24) is 5.32 Å². The summed E-state index contributed by atoms with van der Waals surface area (Å²) >= 11 is 5.84. The standard InChI is InChI=1S/C18H20ClN3O/c19-14-8-10-15(11-9-14)20-18(23)21-16-5-4-12-22(13-16)17-6-2-1-3-7-17/h1-3,6-11,16H,4-5,12-13H2,(H2,20,21,23)/t16-/m1/s1. The number of hydrogen-bond acceptors (Lipinski definition) is 2. The van der Waals surface area contributed by atoms with E-state index in [0.717, 1.165) is 31.6 Å². The number of benzene rings is 2. The second-order valence-corrected chi connectivity index (χ2v) is 6.16. The number of rotatable bonds is 3. The maximum atomic E-state index is 12.1. The van der Waals surface area contributed by atoms with Crippen LogP contribution in [0.5, 0.6) is 0 Å². The van der Waals surface area contributed by atoms with E-state index in [1.54, 1.807) is 24.3 Å². The van der Waals surface area contributed by atoms with Gasteiger partial charge in [0.05, 0.1) is 0 Å². The van der Waals surface area contributed by atoms with E-state index in [4.69, 9.17) is 11.6 Å². The minimum atomic E-state index is -0.174. The first-order valence-electron chi connectivity index (χ1n) is 7.84. The van der Waals surface area contributed by atoms with Crippen LogP contribution in [0, 0.1) is 0 Å². The number of para-hydroxylation sites is 1. The molecule has 1 aliphatic rings. The van der Waals surface area contributed by atoms with Crippen LogP contribution in [-0.4, -0.2) is 25.2 Å². The molecule has 0 bridgehead atoms. The summed E-state index contributed by atoms with van der Waals surface area (Å²) in [4.78, 5) is 14.5. The normalized spacial score (nSPS) is 17.6. The molecule has 120 valence electrons. The highest BCUT2D eigenvalue weighted by atomic mass is 35.5. The van der Waals surface area contributed by atoms with Gasteiger partial charge in [-0.1, -0.05) is 29.8 Å². The Balaban J connectivity index is 1.55. The molecule has 5 heteroatoms. The van der Waals surface area contributed by atoms with Gasteiger partial charge in [0.1, 0.15) is 0 Å². The first-order chi connectivity index (χ1) is 11.2. The number of nitrogens with one attached hydrogen (secondary N) is 2. The first kappa shape index (κ1) is 15.7. The Hall–Kier alpha value is -2.20. The number of hydrogen-bond donors (Lipinski definition) is 2. The number of carbonyl (C=O) groups is 1. The van der Waals surface area contributed by atoms with Crippen molar-refractivity contribution in [2.45, 2.75) is 18.9 Å². The molecular weight excluding hydrogens is 310 g/mol. The third-order valence-corrected chi connectivity index (χ3v) is 4.23. The van der Waals surface area contributed by atoms with Crippen LogP contribution in [0.2, 0.25) is 5.02 Å². The third-order valence-electron chi connectivity index (χ3n) is 3.98. The van der Waals surface area contributed by atoms with E-state index in [1.165, 1.54) is 5.69 Å². The Bertz CT molecular complexity index is 645. The highest BCUT2D eigenvalue weighted by molar-refractivity contribution is 6.30. The molecule has 1 heterocycles. The van der Waals surface area contributed by atoms with Gasteiger partial charge in [-0.15, -0.1) is 0 Å². The Morgan fingerprint density at radius 3 is 2.57 bits per heavy atom. The predicted octanol–water partition coefficient (Wildman–Crippen LogP) is 4.13. The van der Waals surface area contributed by atoms with Gasteiger partial charge in [0.15, 0.2) is 0 Å². The van der Waals surface area contributed by atoms with Gasteiger partial charge in [0.2, 0.25) is 0 Å². The maximum absolute atomic E-state index is 12.1. The fourth-order valence-electron chi connectivity index (χ4n) is 2.85. The van der Waals surface area contributed by atoms with Gasteiger partial charge in [0, 0.05) is 35.5 Å². The monoisotopic (exact) mass is 329 g/mol. The molecule has 1 fully saturated rings. The SMILES string of the molecule is O=C(Nc1ccc(Cl)cc1)N[C@@H]1CCCN(c2ccccc2)C1. The summed E-state index contributed by atoms with van der Waals surface area (Å²) in [6, 6.07) is 17.4. The zero-order valence-electron chi connectivity index (χ0n) is 12.8. The maximum Gasteiger partial charge on any atom is 0.319 e. The van der Waals surface area contributed by atoms with Gasteiger partial charge in [-0.25, -0.2) is 4.79 Å². The average Bonchev–Trinajstić information content (AvgIpc) is 2.58.